The first-order valence-electron chi connectivity index (χ1n) is 13.9. The summed E-state index contributed by atoms with van der Waals surface area (Å²) in [5.41, 5.74) is 4.27. The van der Waals surface area contributed by atoms with E-state index in [1.807, 2.05) is 37.3 Å². The molecule has 1 saturated carbocycles. The van der Waals surface area contributed by atoms with Gasteiger partial charge in [0.05, 0.1) is 38.5 Å². The fourth-order valence-corrected chi connectivity index (χ4v) is 6.93. The molecule has 0 radical (unpaired) electrons. The summed E-state index contributed by atoms with van der Waals surface area (Å²) in [6.07, 6.45) is 4.61. The topological polar surface area (TPSA) is 92.3 Å². The van der Waals surface area contributed by atoms with Gasteiger partial charge in [0.1, 0.15) is 6.10 Å². The van der Waals surface area contributed by atoms with Crippen molar-refractivity contribution in [3.05, 3.63) is 68.5 Å². The number of dihydropyridines is 1. The summed E-state index contributed by atoms with van der Waals surface area (Å²) in [6.45, 7) is 1.88. The number of carbonyl (C=O) groups is 2. The van der Waals surface area contributed by atoms with Crippen molar-refractivity contribution in [3.8, 4) is 23.0 Å². The van der Waals surface area contributed by atoms with Crippen LogP contribution in [0.15, 0.2) is 57.3 Å². The van der Waals surface area contributed by atoms with E-state index >= 15 is 0 Å². The number of allylic oxidation sites excluding steroid dienone is 3. The van der Waals surface area contributed by atoms with Gasteiger partial charge in [-0.15, -0.1) is 0 Å². The smallest absolute Gasteiger partial charge is 0.337 e. The molecule has 1 heterocycles. The van der Waals surface area contributed by atoms with Crippen LogP contribution in [-0.4, -0.2) is 46.3 Å². The Morgan fingerprint density at radius 3 is 2.22 bits per heavy atom. The average molecular weight is 627 g/mol. The molecule has 2 aromatic carbocycles. The van der Waals surface area contributed by atoms with E-state index in [4.69, 9.17) is 23.7 Å². The summed E-state index contributed by atoms with van der Waals surface area (Å²) in [4.78, 5) is 27.8. The molecule has 0 aromatic heterocycles. The van der Waals surface area contributed by atoms with Crippen LogP contribution in [0.25, 0.3) is 0 Å². The van der Waals surface area contributed by atoms with E-state index in [-0.39, 0.29) is 23.8 Å². The number of hydrogen-bond acceptors (Lipinski definition) is 8. The van der Waals surface area contributed by atoms with Crippen molar-refractivity contribution < 1.29 is 33.3 Å². The van der Waals surface area contributed by atoms with Crippen LogP contribution in [0.5, 0.6) is 23.0 Å². The van der Waals surface area contributed by atoms with Crippen LogP contribution < -0.4 is 24.3 Å². The molecule has 0 saturated heterocycles. The SMILES string of the molecule is COc1ccc([C@H]2CC(=O)C3=C(C2)NC(C)=C(C(=O)OC2CCCC2)[C@H]3c2cc(Br)c(OC)c(OC)c2)cc1OC. The van der Waals surface area contributed by atoms with Crippen LogP contribution in [0.3, 0.4) is 0 Å². The molecule has 5 rings (SSSR count). The van der Waals surface area contributed by atoms with Crippen LogP contribution in [0, 0.1) is 0 Å². The van der Waals surface area contributed by atoms with E-state index in [9.17, 15) is 9.59 Å². The molecule has 0 unspecified atom stereocenters. The van der Waals surface area contributed by atoms with E-state index in [1.165, 1.54) is 0 Å². The number of rotatable bonds is 8. The minimum atomic E-state index is -0.616. The summed E-state index contributed by atoms with van der Waals surface area (Å²) >= 11 is 3.60. The lowest BCUT2D eigenvalue weighted by Gasteiger charge is -2.37. The highest BCUT2D eigenvalue weighted by Gasteiger charge is 2.42. The second-order valence-corrected chi connectivity index (χ2v) is 11.5. The molecular formula is C32H36BrNO7. The molecule has 0 amide bonds. The van der Waals surface area contributed by atoms with E-state index in [2.05, 4.69) is 21.2 Å². The number of esters is 1. The van der Waals surface area contributed by atoms with Gasteiger partial charge in [-0.2, -0.15) is 0 Å². The van der Waals surface area contributed by atoms with Crippen molar-refractivity contribution in [1.29, 1.82) is 0 Å². The van der Waals surface area contributed by atoms with Gasteiger partial charge >= 0.3 is 5.97 Å². The molecule has 218 valence electrons. The molecule has 2 aliphatic carbocycles. The molecule has 41 heavy (non-hydrogen) atoms. The maximum Gasteiger partial charge on any atom is 0.337 e. The zero-order valence-corrected chi connectivity index (χ0v) is 25.7. The molecule has 1 N–H and O–H groups in total. The quantitative estimate of drug-likeness (QED) is 0.340. The Hall–Kier alpha value is -3.46. The second kappa shape index (κ2) is 12.2. The predicted octanol–water partition coefficient (Wildman–Crippen LogP) is 6.33. The number of Topliss-reactive ketones (excluding diaryl/α,β-unsaturated/α-hetero) is 1. The number of carbonyl (C=O) groups excluding carboxylic acids is 2. The Bertz CT molecular complexity index is 1420. The Morgan fingerprint density at radius 2 is 1.56 bits per heavy atom. The lowest BCUT2D eigenvalue weighted by atomic mass is 9.71. The number of methoxy groups -OCH3 is 4. The fourth-order valence-electron chi connectivity index (χ4n) is 6.31. The Balaban J connectivity index is 1.59. The monoisotopic (exact) mass is 625 g/mol. The number of halogens is 1. The Labute approximate surface area is 249 Å². The maximum absolute atomic E-state index is 14.1. The zero-order valence-electron chi connectivity index (χ0n) is 24.1. The highest BCUT2D eigenvalue weighted by molar-refractivity contribution is 9.10. The zero-order chi connectivity index (χ0) is 29.3. The van der Waals surface area contributed by atoms with Gasteiger partial charge in [0.2, 0.25) is 0 Å². The molecule has 0 bridgehead atoms. The van der Waals surface area contributed by atoms with E-state index in [0.717, 1.165) is 42.5 Å². The van der Waals surface area contributed by atoms with E-state index < -0.39 is 5.92 Å². The third kappa shape index (κ3) is 5.56. The van der Waals surface area contributed by atoms with Gasteiger partial charge in [-0.1, -0.05) is 6.07 Å². The standard InChI is InChI=1S/C32H36BrNO7/c1-17-28(32(36)41-21-8-6-7-9-21)29(20-12-22(33)31(40-5)27(16-20)39-4)30-23(34-17)13-19(14-24(30)35)18-10-11-25(37-2)26(15-18)38-3/h10-12,15-16,19,21,29,34H,6-9,13-14H2,1-5H3/t19-,29-/m1/s1. The summed E-state index contributed by atoms with van der Waals surface area (Å²) in [5, 5.41) is 3.43. The number of benzene rings is 2. The van der Waals surface area contributed by atoms with Crippen molar-refractivity contribution in [1.82, 2.24) is 5.32 Å². The molecule has 3 aliphatic rings. The van der Waals surface area contributed by atoms with Gasteiger partial charge in [-0.05, 0) is 96.3 Å². The van der Waals surface area contributed by atoms with Crippen molar-refractivity contribution in [3.63, 3.8) is 0 Å². The lowest BCUT2D eigenvalue weighted by molar-refractivity contribution is -0.144. The van der Waals surface area contributed by atoms with Gasteiger partial charge in [-0.25, -0.2) is 4.79 Å². The predicted molar refractivity (Wildman–Crippen MR) is 158 cm³/mol. The van der Waals surface area contributed by atoms with Crippen LogP contribution in [0.1, 0.15) is 68.4 Å². The molecular weight excluding hydrogens is 590 g/mol. The van der Waals surface area contributed by atoms with Gasteiger partial charge < -0.3 is 29.0 Å². The summed E-state index contributed by atoms with van der Waals surface area (Å²) in [7, 11) is 6.34. The molecule has 2 atom stereocenters. The molecule has 1 fully saturated rings. The number of hydrogen-bond donors (Lipinski definition) is 1. The minimum absolute atomic E-state index is 0.0203. The van der Waals surface area contributed by atoms with Crippen LogP contribution in [0.4, 0.5) is 0 Å². The normalized spacial score (nSPS) is 20.9. The summed E-state index contributed by atoms with van der Waals surface area (Å²) < 4.78 is 28.7. The number of ether oxygens (including phenoxy) is 5. The van der Waals surface area contributed by atoms with Crippen LogP contribution in [0.2, 0.25) is 0 Å². The number of ketones is 1. The summed E-state index contributed by atoms with van der Waals surface area (Å²) in [5.74, 6) is 1.21. The first-order valence-corrected chi connectivity index (χ1v) is 14.7. The van der Waals surface area contributed by atoms with E-state index in [1.54, 1.807) is 28.4 Å². The van der Waals surface area contributed by atoms with Crippen molar-refractivity contribution in [2.45, 2.75) is 63.4 Å². The molecule has 8 nitrogen and oxygen atoms in total. The van der Waals surface area contributed by atoms with Gasteiger partial charge in [0, 0.05) is 29.3 Å². The molecule has 0 spiro atoms. The highest BCUT2D eigenvalue weighted by atomic mass is 79.9. The lowest BCUT2D eigenvalue weighted by Crippen LogP contribution is -2.36. The van der Waals surface area contributed by atoms with Gasteiger partial charge in [-0.3, -0.25) is 4.79 Å². The molecule has 2 aromatic rings. The van der Waals surface area contributed by atoms with Crippen LogP contribution >= 0.6 is 15.9 Å². The third-order valence-corrected chi connectivity index (χ3v) is 8.88. The molecule has 1 aliphatic heterocycles. The first kappa shape index (κ1) is 29.0. The van der Waals surface area contributed by atoms with Crippen molar-refractivity contribution in [2.24, 2.45) is 0 Å². The Morgan fingerprint density at radius 1 is 0.878 bits per heavy atom. The first-order chi connectivity index (χ1) is 19.8. The largest absolute Gasteiger partial charge is 0.493 e. The maximum atomic E-state index is 14.1. The number of nitrogens with one attached hydrogen (secondary N) is 1. The third-order valence-electron chi connectivity index (χ3n) is 8.29. The summed E-state index contributed by atoms with van der Waals surface area (Å²) in [6, 6.07) is 9.51. The van der Waals surface area contributed by atoms with E-state index in [0.29, 0.717) is 57.2 Å². The minimum Gasteiger partial charge on any atom is -0.493 e. The van der Waals surface area contributed by atoms with Gasteiger partial charge in [0.15, 0.2) is 28.8 Å². The van der Waals surface area contributed by atoms with Crippen molar-refractivity contribution in [2.75, 3.05) is 28.4 Å². The highest BCUT2D eigenvalue weighted by Crippen LogP contribution is 2.49. The average Bonchev–Trinajstić information content (AvgIpc) is 3.48. The molecule has 9 heteroatoms. The second-order valence-electron chi connectivity index (χ2n) is 10.7. The van der Waals surface area contributed by atoms with Crippen LogP contribution in [-0.2, 0) is 14.3 Å². The fraction of sp³-hybridized carbons (Fsp3) is 0.438. The van der Waals surface area contributed by atoms with Crippen molar-refractivity contribution >= 4 is 27.7 Å². The Kier molecular flexibility index (Phi) is 8.63. The van der Waals surface area contributed by atoms with Gasteiger partial charge in [0.25, 0.3) is 0 Å².